The molecule has 28 heavy (non-hydrogen) atoms. The first-order valence-electron chi connectivity index (χ1n) is 8.41. The fourth-order valence-corrected chi connectivity index (χ4v) is 2.33. The van der Waals surface area contributed by atoms with E-state index in [9.17, 15) is 24.0 Å². The second kappa shape index (κ2) is 12.5. The van der Waals surface area contributed by atoms with Crippen LogP contribution in [0.1, 0.15) is 41.0 Å². The molecule has 0 saturated carbocycles. The lowest BCUT2D eigenvalue weighted by Crippen LogP contribution is -2.52. The summed E-state index contributed by atoms with van der Waals surface area (Å²) in [5.74, 6) is -3.68. The Bertz CT molecular complexity index is 597. The maximum atomic E-state index is 11.6. The predicted molar refractivity (Wildman–Crippen MR) is 93.7 cm³/mol. The van der Waals surface area contributed by atoms with Crippen molar-refractivity contribution in [2.75, 3.05) is 6.61 Å². The summed E-state index contributed by atoms with van der Waals surface area (Å²) in [7, 11) is 0. The number of carbonyl (C=O) groups excluding carboxylic acids is 5. The highest BCUT2D eigenvalue weighted by Crippen LogP contribution is 2.22. The topological polar surface area (TPSA) is 132 Å². The van der Waals surface area contributed by atoms with Crippen LogP contribution in [0.5, 0.6) is 0 Å². The normalized spacial score (nSPS) is 14.5. The van der Waals surface area contributed by atoms with Crippen LogP contribution in [0, 0.1) is 0 Å². The predicted octanol–water partition coefficient (Wildman–Crippen LogP) is 0.852. The molecule has 0 saturated heterocycles. The number of ether oxygens (including phenoxy) is 5. The van der Waals surface area contributed by atoms with Crippen molar-refractivity contribution in [3.8, 4) is 0 Å². The second-order valence-electron chi connectivity index (χ2n) is 5.77. The van der Waals surface area contributed by atoms with Crippen LogP contribution < -0.4 is 0 Å². The van der Waals surface area contributed by atoms with E-state index < -0.39 is 60.9 Å². The van der Waals surface area contributed by atoms with Gasteiger partial charge in [-0.15, -0.1) is 6.58 Å². The van der Waals surface area contributed by atoms with Gasteiger partial charge in [0.2, 0.25) is 0 Å². The summed E-state index contributed by atoms with van der Waals surface area (Å²) in [6.07, 6.45) is -3.76. The summed E-state index contributed by atoms with van der Waals surface area (Å²) < 4.78 is 25.6. The molecule has 0 rings (SSSR count). The van der Waals surface area contributed by atoms with Gasteiger partial charge < -0.3 is 23.7 Å². The Labute approximate surface area is 163 Å². The first-order chi connectivity index (χ1) is 13.0. The van der Waals surface area contributed by atoms with Crippen LogP contribution in [0.15, 0.2) is 12.7 Å². The van der Waals surface area contributed by atoms with Crippen LogP contribution in [0.4, 0.5) is 0 Å². The zero-order chi connectivity index (χ0) is 21.9. The van der Waals surface area contributed by atoms with E-state index in [-0.39, 0.29) is 6.42 Å². The molecule has 4 atom stereocenters. The number of esters is 5. The third kappa shape index (κ3) is 10.3. The van der Waals surface area contributed by atoms with Gasteiger partial charge in [0, 0.05) is 41.0 Å². The molecule has 0 aliphatic carbocycles. The molecule has 0 bridgehead atoms. The van der Waals surface area contributed by atoms with Crippen LogP contribution in [0.2, 0.25) is 0 Å². The van der Waals surface area contributed by atoms with Crippen molar-refractivity contribution in [2.45, 2.75) is 65.5 Å². The van der Waals surface area contributed by atoms with E-state index in [1.165, 1.54) is 6.08 Å². The molecule has 0 N–H and O–H groups in total. The van der Waals surface area contributed by atoms with Gasteiger partial charge in [-0.1, -0.05) is 6.08 Å². The maximum Gasteiger partial charge on any atom is 0.303 e. The Morgan fingerprint density at radius 1 is 0.679 bits per heavy atom. The molecule has 0 amide bonds. The fraction of sp³-hybridized carbons (Fsp3) is 0.611. The number of rotatable bonds is 11. The van der Waals surface area contributed by atoms with Crippen molar-refractivity contribution in [1.29, 1.82) is 0 Å². The van der Waals surface area contributed by atoms with E-state index in [2.05, 4.69) is 6.58 Å². The summed E-state index contributed by atoms with van der Waals surface area (Å²) in [6.45, 7) is 8.63. The van der Waals surface area contributed by atoms with E-state index in [0.717, 1.165) is 34.6 Å². The van der Waals surface area contributed by atoms with Gasteiger partial charge in [-0.3, -0.25) is 24.0 Å². The number of hydrogen-bond acceptors (Lipinski definition) is 10. The van der Waals surface area contributed by atoms with E-state index in [0.29, 0.717) is 0 Å². The van der Waals surface area contributed by atoms with Crippen molar-refractivity contribution in [2.24, 2.45) is 0 Å². The lowest BCUT2D eigenvalue weighted by atomic mass is 9.99. The Hall–Kier alpha value is -2.91. The van der Waals surface area contributed by atoms with Crippen LogP contribution in [0.25, 0.3) is 0 Å². The largest absolute Gasteiger partial charge is 0.462 e. The van der Waals surface area contributed by atoms with Gasteiger partial charge in [-0.2, -0.15) is 0 Å². The highest BCUT2D eigenvalue weighted by molar-refractivity contribution is 5.69. The minimum absolute atomic E-state index is 0.0373. The molecule has 0 aromatic heterocycles. The average Bonchev–Trinajstić information content (AvgIpc) is 2.53. The molecule has 0 aliphatic heterocycles. The molecule has 0 aromatic rings. The van der Waals surface area contributed by atoms with Crippen molar-refractivity contribution in [3.63, 3.8) is 0 Å². The van der Waals surface area contributed by atoms with E-state index >= 15 is 0 Å². The Morgan fingerprint density at radius 3 is 1.43 bits per heavy atom. The van der Waals surface area contributed by atoms with Crippen LogP contribution in [-0.2, 0) is 47.7 Å². The highest BCUT2D eigenvalue weighted by atomic mass is 16.6. The number of carbonyl (C=O) groups is 5. The third-order valence-electron chi connectivity index (χ3n) is 3.15. The summed E-state index contributed by atoms with van der Waals surface area (Å²) >= 11 is 0. The molecule has 10 nitrogen and oxygen atoms in total. The molecule has 10 heteroatoms. The molecule has 1 unspecified atom stereocenters. The van der Waals surface area contributed by atoms with Gasteiger partial charge in [0.05, 0.1) is 0 Å². The lowest BCUT2D eigenvalue weighted by Gasteiger charge is -2.35. The third-order valence-corrected chi connectivity index (χ3v) is 3.15. The standard InChI is InChI=1S/C18H26O10/c1-7-8-15(25-11(3)20)17(27-13(5)22)18(28-14(6)23)16(26-12(4)21)9-24-10(2)19/h7,15-18H,1,8-9H2,2-6H3/t15?,16-,17-,18-/m1/s1. The minimum atomic E-state index is -1.42. The number of hydrogen-bond donors (Lipinski definition) is 0. The molecule has 158 valence electrons. The van der Waals surface area contributed by atoms with E-state index in [4.69, 9.17) is 23.7 Å². The monoisotopic (exact) mass is 402 g/mol. The molecular weight excluding hydrogens is 376 g/mol. The van der Waals surface area contributed by atoms with Gasteiger partial charge in [0.1, 0.15) is 12.7 Å². The van der Waals surface area contributed by atoms with Crippen molar-refractivity contribution in [3.05, 3.63) is 12.7 Å². The van der Waals surface area contributed by atoms with Crippen molar-refractivity contribution < 1.29 is 47.7 Å². The van der Waals surface area contributed by atoms with Crippen LogP contribution >= 0.6 is 0 Å². The fourth-order valence-electron chi connectivity index (χ4n) is 2.33. The van der Waals surface area contributed by atoms with Gasteiger partial charge in [-0.25, -0.2) is 0 Å². The summed E-state index contributed by atoms with van der Waals surface area (Å²) in [5.41, 5.74) is 0. The molecule has 0 heterocycles. The molecular formula is C18H26O10. The minimum Gasteiger partial charge on any atom is -0.462 e. The van der Waals surface area contributed by atoms with E-state index in [1.807, 2.05) is 0 Å². The Balaban J connectivity index is 6.09. The van der Waals surface area contributed by atoms with Crippen LogP contribution in [-0.4, -0.2) is 60.9 Å². The van der Waals surface area contributed by atoms with E-state index in [1.54, 1.807) is 0 Å². The zero-order valence-corrected chi connectivity index (χ0v) is 16.6. The van der Waals surface area contributed by atoms with Gasteiger partial charge in [0.25, 0.3) is 0 Å². The smallest absolute Gasteiger partial charge is 0.303 e. The lowest BCUT2D eigenvalue weighted by molar-refractivity contribution is -0.202. The van der Waals surface area contributed by atoms with Crippen molar-refractivity contribution in [1.82, 2.24) is 0 Å². The van der Waals surface area contributed by atoms with Gasteiger partial charge in [-0.05, 0) is 0 Å². The quantitative estimate of drug-likeness (QED) is 0.278. The molecule has 0 aliphatic rings. The molecule has 0 aromatic carbocycles. The Kier molecular flexibility index (Phi) is 11.2. The SMILES string of the molecule is C=CCC(OC(C)=O)[C@@H](OC(C)=O)[C@H](OC(C)=O)[C@@H](COC(C)=O)OC(C)=O. The maximum absolute atomic E-state index is 11.6. The average molecular weight is 402 g/mol. The first kappa shape index (κ1) is 25.1. The van der Waals surface area contributed by atoms with Crippen molar-refractivity contribution >= 4 is 29.8 Å². The summed E-state index contributed by atoms with van der Waals surface area (Å²) in [5, 5.41) is 0. The molecule has 0 spiro atoms. The molecule has 0 radical (unpaired) electrons. The second-order valence-corrected chi connectivity index (χ2v) is 5.77. The zero-order valence-electron chi connectivity index (χ0n) is 16.6. The summed E-state index contributed by atoms with van der Waals surface area (Å²) in [4.78, 5) is 57.4. The summed E-state index contributed by atoms with van der Waals surface area (Å²) in [6, 6.07) is 0. The van der Waals surface area contributed by atoms with Gasteiger partial charge >= 0.3 is 29.8 Å². The first-order valence-corrected chi connectivity index (χ1v) is 8.41. The van der Waals surface area contributed by atoms with Crippen LogP contribution in [0.3, 0.4) is 0 Å². The van der Waals surface area contributed by atoms with Gasteiger partial charge in [0.15, 0.2) is 18.3 Å². The molecule has 0 fully saturated rings. The highest BCUT2D eigenvalue weighted by Gasteiger charge is 2.43. The Morgan fingerprint density at radius 2 is 1.07 bits per heavy atom.